The van der Waals surface area contributed by atoms with E-state index in [2.05, 4.69) is 15.3 Å². The van der Waals surface area contributed by atoms with Gasteiger partial charge in [0.1, 0.15) is 11.6 Å². The van der Waals surface area contributed by atoms with Crippen molar-refractivity contribution in [3.8, 4) is 17.1 Å². The highest BCUT2D eigenvalue weighted by Gasteiger charge is 2.07. The molecule has 1 aromatic heterocycles. The number of imidazole rings is 1. The van der Waals surface area contributed by atoms with Gasteiger partial charge in [0.2, 0.25) is 0 Å². The van der Waals surface area contributed by atoms with Crippen molar-refractivity contribution in [2.45, 2.75) is 6.10 Å². The number of anilines is 1. The molecule has 6 heteroatoms. The highest BCUT2D eigenvalue weighted by Crippen LogP contribution is 2.25. The lowest BCUT2D eigenvalue weighted by molar-refractivity contribution is 0.105. The van der Waals surface area contributed by atoms with E-state index in [4.69, 9.17) is 5.11 Å². The van der Waals surface area contributed by atoms with Crippen LogP contribution in [-0.4, -0.2) is 44.5 Å². The molecule has 0 aliphatic carbocycles. The van der Waals surface area contributed by atoms with Gasteiger partial charge in [-0.25, -0.2) is 4.98 Å². The first kappa shape index (κ1) is 14.4. The SMILES string of the molecule is OCC(O)CNc1ccc2nc(-c3cccc(O)c3)[nH]c2c1. The molecule has 1 heterocycles. The summed E-state index contributed by atoms with van der Waals surface area (Å²) in [5.41, 5.74) is 3.29. The van der Waals surface area contributed by atoms with Crippen LogP contribution in [-0.2, 0) is 0 Å². The van der Waals surface area contributed by atoms with Crippen LogP contribution in [0.15, 0.2) is 42.5 Å². The second kappa shape index (κ2) is 6.05. The molecule has 1 unspecified atom stereocenters. The molecule has 6 nitrogen and oxygen atoms in total. The summed E-state index contributed by atoms with van der Waals surface area (Å²) in [6.45, 7) is -0.00346. The molecule has 3 rings (SSSR count). The third kappa shape index (κ3) is 3.03. The Hall–Kier alpha value is -2.57. The number of fused-ring (bicyclic) bond motifs is 1. The Morgan fingerprint density at radius 2 is 2.05 bits per heavy atom. The summed E-state index contributed by atoms with van der Waals surface area (Å²) < 4.78 is 0. The third-order valence-electron chi connectivity index (χ3n) is 3.35. The van der Waals surface area contributed by atoms with Crippen molar-refractivity contribution in [2.24, 2.45) is 0 Å². The number of aliphatic hydroxyl groups is 2. The van der Waals surface area contributed by atoms with Gasteiger partial charge in [-0.05, 0) is 30.3 Å². The summed E-state index contributed by atoms with van der Waals surface area (Å²) in [7, 11) is 0. The van der Waals surface area contributed by atoms with Crippen molar-refractivity contribution < 1.29 is 15.3 Å². The second-order valence-electron chi connectivity index (χ2n) is 5.08. The van der Waals surface area contributed by atoms with Crippen molar-refractivity contribution in [3.63, 3.8) is 0 Å². The number of benzene rings is 2. The highest BCUT2D eigenvalue weighted by molar-refractivity contribution is 5.82. The molecule has 0 amide bonds. The molecular formula is C16H17N3O3. The quantitative estimate of drug-likeness (QED) is 0.493. The highest BCUT2D eigenvalue weighted by atomic mass is 16.3. The monoisotopic (exact) mass is 299 g/mol. The van der Waals surface area contributed by atoms with Gasteiger partial charge in [-0.15, -0.1) is 0 Å². The summed E-state index contributed by atoms with van der Waals surface area (Å²) in [6, 6.07) is 12.5. The fourth-order valence-corrected chi connectivity index (χ4v) is 2.21. The molecule has 0 radical (unpaired) electrons. The summed E-state index contributed by atoms with van der Waals surface area (Å²) in [5.74, 6) is 0.872. The normalized spacial score (nSPS) is 12.5. The lowest BCUT2D eigenvalue weighted by Gasteiger charge is -2.09. The van der Waals surface area contributed by atoms with Gasteiger partial charge in [-0.3, -0.25) is 0 Å². The molecule has 114 valence electrons. The Kier molecular flexibility index (Phi) is 3.95. The fraction of sp³-hybridized carbons (Fsp3) is 0.188. The number of nitrogens with zero attached hydrogens (tertiary/aromatic N) is 1. The van der Waals surface area contributed by atoms with Crippen LogP contribution >= 0.6 is 0 Å². The van der Waals surface area contributed by atoms with Crippen LogP contribution < -0.4 is 5.32 Å². The van der Waals surface area contributed by atoms with E-state index in [-0.39, 0.29) is 18.9 Å². The molecule has 0 aliphatic rings. The maximum atomic E-state index is 9.54. The largest absolute Gasteiger partial charge is 0.508 e. The van der Waals surface area contributed by atoms with Crippen molar-refractivity contribution in [3.05, 3.63) is 42.5 Å². The van der Waals surface area contributed by atoms with Gasteiger partial charge >= 0.3 is 0 Å². The van der Waals surface area contributed by atoms with Crippen LogP contribution in [0, 0.1) is 0 Å². The second-order valence-corrected chi connectivity index (χ2v) is 5.08. The zero-order valence-electron chi connectivity index (χ0n) is 11.8. The van der Waals surface area contributed by atoms with Crippen LogP contribution in [0.3, 0.4) is 0 Å². The molecule has 3 aromatic rings. The predicted octanol–water partition coefficient (Wildman–Crippen LogP) is 1.70. The number of phenols is 1. The Bertz CT molecular complexity index is 785. The molecule has 5 N–H and O–H groups in total. The minimum atomic E-state index is -0.791. The number of aromatic amines is 1. The van der Waals surface area contributed by atoms with E-state index in [0.717, 1.165) is 22.3 Å². The summed E-state index contributed by atoms with van der Waals surface area (Å²) in [6.07, 6.45) is -0.791. The molecule has 0 saturated heterocycles. The minimum absolute atomic E-state index is 0.193. The summed E-state index contributed by atoms with van der Waals surface area (Å²) >= 11 is 0. The minimum Gasteiger partial charge on any atom is -0.508 e. The standard InChI is InChI=1S/C16H17N3O3/c20-9-13(22)8-17-11-4-5-14-15(7-11)19-16(18-14)10-2-1-3-12(21)6-10/h1-7,13,17,20-22H,8-9H2,(H,18,19). The van der Waals surface area contributed by atoms with E-state index in [1.807, 2.05) is 24.3 Å². The van der Waals surface area contributed by atoms with Crippen LogP contribution in [0.5, 0.6) is 5.75 Å². The zero-order valence-corrected chi connectivity index (χ0v) is 11.8. The lowest BCUT2D eigenvalue weighted by Crippen LogP contribution is -2.22. The van der Waals surface area contributed by atoms with Crippen LogP contribution in [0.2, 0.25) is 0 Å². The third-order valence-corrected chi connectivity index (χ3v) is 3.35. The first-order chi connectivity index (χ1) is 10.7. The average Bonchev–Trinajstić information content (AvgIpc) is 2.95. The van der Waals surface area contributed by atoms with Crippen molar-refractivity contribution in [1.29, 1.82) is 0 Å². The molecular weight excluding hydrogens is 282 g/mol. The van der Waals surface area contributed by atoms with E-state index in [1.165, 1.54) is 0 Å². The number of aromatic hydroxyl groups is 1. The van der Waals surface area contributed by atoms with E-state index < -0.39 is 6.10 Å². The number of hydrogen-bond donors (Lipinski definition) is 5. The zero-order chi connectivity index (χ0) is 15.5. The van der Waals surface area contributed by atoms with Gasteiger partial charge < -0.3 is 25.6 Å². The molecule has 0 aliphatic heterocycles. The smallest absolute Gasteiger partial charge is 0.138 e. The maximum absolute atomic E-state index is 9.54. The van der Waals surface area contributed by atoms with Crippen molar-refractivity contribution in [1.82, 2.24) is 9.97 Å². The molecule has 0 bridgehead atoms. The first-order valence-electron chi connectivity index (χ1n) is 6.97. The number of hydrogen-bond acceptors (Lipinski definition) is 5. The van der Waals surface area contributed by atoms with Crippen molar-refractivity contribution >= 4 is 16.7 Å². The van der Waals surface area contributed by atoms with E-state index >= 15 is 0 Å². The summed E-state index contributed by atoms with van der Waals surface area (Å²) in [5, 5.41) is 30.8. The van der Waals surface area contributed by atoms with Crippen LogP contribution in [0.4, 0.5) is 5.69 Å². The van der Waals surface area contributed by atoms with Gasteiger partial charge in [0.05, 0.1) is 23.7 Å². The Morgan fingerprint density at radius 3 is 2.82 bits per heavy atom. The Morgan fingerprint density at radius 1 is 1.18 bits per heavy atom. The molecule has 2 aromatic carbocycles. The Balaban J connectivity index is 1.87. The predicted molar refractivity (Wildman–Crippen MR) is 84.8 cm³/mol. The number of aliphatic hydroxyl groups excluding tert-OH is 2. The Labute approximate surface area is 127 Å². The summed E-state index contributed by atoms with van der Waals surface area (Å²) in [4.78, 5) is 7.70. The van der Waals surface area contributed by atoms with Gasteiger partial charge in [0.15, 0.2) is 0 Å². The van der Waals surface area contributed by atoms with Crippen molar-refractivity contribution in [2.75, 3.05) is 18.5 Å². The van der Waals surface area contributed by atoms with Gasteiger partial charge in [0.25, 0.3) is 0 Å². The number of aromatic nitrogens is 2. The number of rotatable bonds is 5. The fourth-order valence-electron chi connectivity index (χ4n) is 2.21. The molecule has 0 fully saturated rings. The van der Waals surface area contributed by atoms with E-state index in [0.29, 0.717) is 5.82 Å². The van der Waals surface area contributed by atoms with Gasteiger partial charge in [-0.2, -0.15) is 0 Å². The molecule has 22 heavy (non-hydrogen) atoms. The van der Waals surface area contributed by atoms with E-state index in [9.17, 15) is 10.2 Å². The number of nitrogens with one attached hydrogen (secondary N) is 2. The lowest BCUT2D eigenvalue weighted by atomic mass is 10.2. The molecule has 0 saturated carbocycles. The topological polar surface area (TPSA) is 101 Å². The first-order valence-corrected chi connectivity index (χ1v) is 6.97. The van der Waals surface area contributed by atoms with Crippen LogP contribution in [0.25, 0.3) is 22.4 Å². The molecule has 1 atom stereocenters. The van der Waals surface area contributed by atoms with Gasteiger partial charge in [-0.1, -0.05) is 12.1 Å². The maximum Gasteiger partial charge on any atom is 0.138 e. The van der Waals surface area contributed by atoms with E-state index in [1.54, 1.807) is 18.2 Å². The van der Waals surface area contributed by atoms with Gasteiger partial charge in [0, 0.05) is 17.8 Å². The number of H-pyrrole nitrogens is 1. The van der Waals surface area contributed by atoms with Crippen LogP contribution in [0.1, 0.15) is 0 Å². The number of phenolic OH excluding ortho intramolecular Hbond substituents is 1. The molecule has 0 spiro atoms. The average molecular weight is 299 g/mol.